The zero-order valence-corrected chi connectivity index (χ0v) is 7.26. The Hall–Kier alpha value is -0.0000000000000000416. The van der Waals surface area contributed by atoms with Crippen LogP contribution in [0.5, 0.6) is 0 Å². The monoisotopic (exact) mass is 204 g/mol. The Kier molecular flexibility index (Phi) is 4.89. The molecule has 1 saturated heterocycles. The fourth-order valence-corrected chi connectivity index (χ4v) is 1.09. The van der Waals surface area contributed by atoms with E-state index in [9.17, 15) is 13.2 Å². The normalized spacial score (nSPS) is 23.8. The Morgan fingerprint density at radius 1 is 1.42 bits per heavy atom. The van der Waals surface area contributed by atoms with E-state index in [0.29, 0.717) is 6.54 Å². The molecule has 74 valence electrons. The van der Waals surface area contributed by atoms with Crippen LogP contribution < -0.4 is 10.6 Å². The third-order valence-corrected chi connectivity index (χ3v) is 1.65. The number of rotatable bonds is 2. The zero-order chi connectivity index (χ0) is 8.32. The van der Waals surface area contributed by atoms with Crippen LogP contribution in [0, 0.1) is 0 Å². The van der Waals surface area contributed by atoms with Crippen molar-refractivity contribution in [2.75, 3.05) is 19.6 Å². The van der Waals surface area contributed by atoms with Crippen LogP contribution in [0.15, 0.2) is 0 Å². The van der Waals surface area contributed by atoms with Crippen LogP contribution in [0.3, 0.4) is 0 Å². The van der Waals surface area contributed by atoms with Gasteiger partial charge in [-0.3, -0.25) is 0 Å². The fraction of sp³-hybridized carbons (Fsp3) is 1.00. The van der Waals surface area contributed by atoms with Crippen molar-refractivity contribution in [1.29, 1.82) is 0 Å². The highest BCUT2D eigenvalue weighted by molar-refractivity contribution is 5.85. The maximum atomic E-state index is 11.6. The van der Waals surface area contributed by atoms with Crippen LogP contribution in [-0.4, -0.2) is 31.9 Å². The molecule has 0 amide bonds. The summed E-state index contributed by atoms with van der Waals surface area (Å²) in [6.45, 7) is 0.588. The van der Waals surface area contributed by atoms with Crippen molar-refractivity contribution in [2.24, 2.45) is 0 Å². The zero-order valence-electron chi connectivity index (χ0n) is 6.45. The molecule has 1 fully saturated rings. The molecule has 2 N–H and O–H groups in total. The lowest BCUT2D eigenvalue weighted by molar-refractivity contribution is -0.125. The first kappa shape index (κ1) is 12.0. The van der Waals surface area contributed by atoms with Gasteiger partial charge in [-0.25, -0.2) is 0 Å². The van der Waals surface area contributed by atoms with E-state index in [1.54, 1.807) is 0 Å². The Labute approximate surface area is 75.3 Å². The molecule has 1 atom stereocenters. The summed E-state index contributed by atoms with van der Waals surface area (Å²) in [6, 6.07) is -0.00313. The lowest BCUT2D eigenvalue weighted by atomic mass is 10.2. The number of halogens is 4. The third-order valence-electron chi connectivity index (χ3n) is 1.65. The Morgan fingerprint density at radius 3 is 2.50 bits per heavy atom. The Balaban J connectivity index is 0.00000121. The minimum Gasteiger partial charge on any atom is -0.315 e. The van der Waals surface area contributed by atoms with Gasteiger partial charge in [0.1, 0.15) is 0 Å². The van der Waals surface area contributed by atoms with Crippen molar-refractivity contribution in [3.05, 3.63) is 0 Å². The van der Waals surface area contributed by atoms with Gasteiger partial charge in [-0.15, -0.1) is 12.4 Å². The predicted octanol–water partition coefficient (Wildman–Crippen LogP) is 0.922. The first-order valence-corrected chi connectivity index (χ1v) is 3.59. The van der Waals surface area contributed by atoms with Gasteiger partial charge in [-0.2, -0.15) is 13.2 Å². The van der Waals surface area contributed by atoms with E-state index < -0.39 is 12.7 Å². The van der Waals surface area contributed by atoms with Crippen molar-refractivity contribution < 1.29 is 13.2 Å². The van der Waals surface area contributed by atoms with Gasteiger partial charge in [0.15, 0.2) is 0 Å². The van der Waals surface area contributed by atoms with Gasteiger partial charge in [0.05, 0.1) is 6.54 Å². The van der Waals surface area contributed by atoms with Gasteiger partial charge >= 0.3 is 6.18 Å². The highest BCUT2D eigenvalue weighted by Gasteiger charge is 2.28. The lowest BCUT2D eigenvalue weighted by Gasteiger charge is -2.12. The molecule has 0 bridgehead atoms. The lowest BCUT2D eigenvalue weighted by Crippen LogP contribution is -2.38. The molecule has 12 heavy (non-hydrogen) atoms. The van der Waals surface area contributed by atoms with Gasteiger partial charge in [0.25, 0.3) is 0 Å². The molecule has 0 radical (unpaired) electrons. The highest BCUT2D eigenvalue weighted by atomic mass is 35.5. The van der Waals surface area contributed by atoms with Crippen LogP contribution in [-0.2, 0) is 0 Å². The molecule has 0 aromatic carbocycles. The molecule has 0 unspecified atom stereocenters. The van der Waals surface area contributed by atoms with Gasteiger partial charge < -0.3 is 10.6 Å². The van der Waals surface area contributed by atoms with E-state index in [1.807, 2.05) is 0 Å². The molecular weight excluding hydrogens is 193 g/mol. The number of alkyl halides is 3. The number of nitrogens with one attached hydrogen (secondary N) is 2. The minimum absolute atomic E-state index is 0. The summed E-state index contributed by atoms with van der Waals surface area (Å²) < 4.78 is 34.9. The average molecular weight is 205 g/mol. The SMILES string of the molecule is Cl.FC(F)(F)CN[C@H]1CCNC1. The maximum Gasteiger partial charge on any atom is 0.401 e. The molecule has 1 aliphatic rings. The molecule has 6 heteroatoms. The van der Waals surface area contributed by atoms with E-state index in [2.05, 4.69) is 10.6 Å². The minimum atomic E-state index is -4.08. The van der Waals surface area contributed by atoms with Crippen LogP contribution in [0.25, 0.3) is 0 Å². The third kappa shape index (κ3) is 4.79. The van der Waals surface area contributed by atoms with Crippen molar-refractivity contribution >= 4 is 12.4 Å². The van der Waals surface area contributed by atoms with Crippen LogP contribution >= 0.6 is 12.4 Å². The quantitative estimate of drug-likeness (QED) is 0.699. The maximum absolute atomic E-state index is 11.6. The molecule has 0 saturated carbocycles. The number of hydrogen-bond donors (Lipinski definition) is 2. The second-order valence-corrected chi connectivity index (χ2v) is 2.69. The van der Waals surface area contributed by atoms with E-state index in [4.69, 9.17) is 0 Å². The van der Waals surface area contributed by atoms with Crippen LogP contribution in [0.1, 0.15) is 6.42 Å². The Morgan fingerprint density at radius 2 is 2.08 bits per heavy atom. The van der Waals surface area contributed by atoms with Crippen LogP contribution in [0.2, 0.25) is 0 Å². The van der Waals surface area contributed by atoms with Gasteiger partial charge in [-0.1, -0.05) is 0 Å². The topological polar surface area (TPSA) is 24.1 Å². The van der Waals surface area contributed by atoms with Crippen molar-refractivity contribution in [3.8, 4) is 0 Å². The molecule has 0 aromatic heterocycles. The van der Waals surface area contributed by atoms with E-state index in [-0.39, 0.29) is 18.4 Å². The summed E-state index contributed by atoms with van der Waals surface area (Å²) in [6.07, 6.45) is -3.29. The van der Waals surface area contributed by atoms with Crippen molar-refractivity contribution in [2.45, 2.75) is 18.6 Å². The largest absolute Gasteiger partial charge is 0.401 e. The average Bonchev–Trinajstić information content (AvgIpc) is 2.32. The standard InChI is InChI=1S/C6H11F3N2.ClH/c7-6(8,9)4-11-5-1-2-10-3-5;/h5,10-11H,1-4H2;1H/t5-;/m0./s1. The molecule has 2 nitrogen and oxygen atoms in total. The first-order valence-electron chi connectivity index (χ1n) is 3.59. The molecule has 1 rings (SSSR count). The van der Waals surface area contributed by atoms with Crippen molar-refractivity contribution in [3.63, 3.8) is 0 Å². The first-order chi connectivity index (χ1) is 5.08. The molecule has 0 aromatic rings. The predicted molar refractivity (Wildman–Crippen MR) is 42.6 cm³/mol. The van der Waals surface area contributed by atoms with Crippen LogP contribution in [0.4, 0.5) is 13.2 Å². The molecule has 0 aliphatic carbocycles. The molecule has 1 aliphatic heterocycles. The molecule has 1 heterocycles. The summed E-state index contributed by atoms with van der Waals surface area (Å²) in [5.74, 6) is 0. The van der Waals surface area contributed by atoms with E-state index in [0.717, 1.165) is 13.0 Å². The Bertz CT molecular complexity index is 122. The van der Waals surface area contributed by atoms with Crippen molar-refractivity contribution in [1.82, 2.24) is 10.6 Å². The van der Waals surface area contributed by atoms with Gasteiger partial charge in [0.2, 0.25) is 0 Å². The molecule has 0 spiro atoms. The van der Waals surface area contributed by atoms with E-state index in [1.165, 1.54) is 0 Å². The smallest absolute Gasteiger partial charge is 0.315 e. The van der Waals surface area contributed by atoms with Gasteiger partial charge in [-0.05, 0) is 13.0 Å². The second kappa shape index (κ2) is 4.89. The summed E-state index contributed by atoms with van der Waals surface area (Å²) in [5, 5.41) is 5.41. The summed E-state index contributed by atoms with van der Waals surface area (Å²) in [7, 11) is 0. The van der Waals surface area contributed by atoms with E-state index >= 15 is 0 Å². The summed E-state index contributed by atoms with van der Waals surface area (Å²) >= 11 is 0. The highest BCUT2D eigenvalue weighted by Crippen LogP contribution is 2.13. The summed E-state index contributed by atoms with van der Waals surface area (Å²) in [4.78, 5) is 0. The van der Waals surface area contributed by atoms with Gasteiger partial charge in [0, 0.05) is 12.6 Å². The number of hydrogen-bond acceptors (Lipinski definition) is 2. The fourth-order valence-electron chi connectivity index (χ4n) is 1.09. The second-order valence-electron chi connectivity index (χ2n) is 2.69. The summed E-state index contributed by atoms with van der Waals surface area (Å²) in [5.41, 5.74) is 0. The molecular formula is C6H12ClF3N2.